The van der Waals surface area contributed by atoms with E-state index in [4.69, 9.17) is 10.5 Å². The summed E-state index contributed by atoms with van der Waals surface area (Å²) in [6.07, 6.45) is -2.28. The highest BCUT2D eigenvalue weighted by Crippen LogP contribution is 2.38. The second-order valence-electron chi connectivity index (χ2n) is 7.88. The normalized spacial score (nSPS) is 12.4. The topological polar surface area (TPSA) is 137 Å². The lowest BCUT2D eigenvalue weighted by Gasteiger charge is -2.17. The van der Waals surface area contributed by atoms with Gasteiger partial charge in [0.25, 0.3) is 5.91 Å². The fraction of sp³-hybridized carbons (Fsp3) is 0.227. The van der Waals surface area contributed by atoms with E-state index in [0.29, 0.717) is 4.68 Å². The molecule has 3 aromatic heterocycles. The second kappa shape index (κ2) is 10.2. The van der Waals surface area contributed by atoms with Crippen molar-refractivity contribution >= 4 is 35.0 Å². The minimum Gasteiger partial charge on any atom is -0.496 e. The first-order valence-electron chi connectivity index (χ1n) is 10.6. The van der Waals surface area contributed by atoms with E-state index < -0.39 is 29.8 Å². The molecule has 0 aliphatic rings. The molecule has 1 aromatic carbocycles. The van der Waals surface area contributed by atoms with Crippen LogP contribution in [0.2, 0.25) is 0 Å². The average Bonchev–Trinajstić information content (AvgIpc) is 3.47. The number of halogens is 5. The second-order valence-corrected chi connectivity index (χ2v) is 8.36. The highest BCUT2D eigenvalue weighted by Gasteiger charge is 2.40. The monoisotopic (exact) mass is 552 g/mol. The Morgan fingerprint density at radius 1 is 1.34 bits per heavy atom. The van der Waals surface area contributed by atoms with Crippen molar-refractivity contribution in [1.29, 1.82) is 5.26 Å². The fourth-order valence-corrected chi connectivity index (χ4v) is 4.09. The largest absolute Gasteiger partial charge is 0.496 e. The van der Waals surface area contributed by atoms with Crippen LogP contribution >= 0.6 is 12.3 Å². The van der Waals surface area contributed by atoms with Crippen LogP contribution in [-0.4, -0.2) is 43.1 Å². The molecule has 0 aliphatic heterocycles. The third-order valence-electron chi connectivity index (χ3n) is 5.69. The summed E-state index contributed by atoms with van der Waals surface area (Å²) in [6.45, 7) is 0.563. The van der Waals surface area contributed by atoms with E-state index in [1.54, 1.807) is 6.07 Å². The summed E-state index contributed by atoms with van der Waals surface area (Å²) in [5, 5.41) is 20.1. The van der Waals surface area contributed by atoms with Gasteiger partial charge in [0.1, 0.15) is 46.3 Å². The summed E-state index contributed by atoms with van der Waals surface area (Å²) in [5.41, 5.74) is 5.43. The summed E-state index contributed by atoms with van der Waals surface area (Å²) >= 11 is -0.293. The molecular formula is C22H17F5N8O2S. The molecule has 10 nitrogen and oxygen atoms in total. The number of fused-ring (bicyclic) bond motifs is 1. The predicted molar refractivity (Wildman–Crippen MR) is 127 cm³/mol. The smallest absolute Gasteiger partial charge is 0.410 e. The molecule has 4 aromatic rings. The first-order valence-corrected chi connectivity index (χ1v) is 11.3. The minimum absolute atomic E-state index is 0.0578. The first-order chi connectivity index (χ1) is 18.0. The number of hydrogen-bond donors (Lipinski definition) is 2. The van der Waals surface area contributed by atoms with Crippen LogP contribution in [0, 0.1) is 17.1 Å². The Labute approximate surface area is 215 Å². The molecule has 3 heterocycles. The molecule has 16 heteroatoms. The fourth-order valence-electron chi connectivity index (χ4n) is 3.74. The number of nitriles is 1. The minimum atomic E-state index is -4.69. The van der Waals surface area contributed by atoms with Gasteiger partial charge in [0, 0.05) is 17.1 Å². The van der Waals surface area contributed by atoms with Crippen LogP contribution < -0.4 is 15.8 Å². The van der Waals surface area contributed by atoms with Gasteiger partial charge in [0.2, 0.25) is 0 Å². The number of amides is 1. The van der Waals surface area contributed by atoms with Crippen molar-refractivity contribution in [1.82, 2.24) is 29.3 Å². The van der Waals surface area contributed by atoms with Crippen LogP contribution in [0.5, 0.6) is 5.75 Å². The van der Waals surface area contributed by atoms with Crippen LogP contribution in [0.15, 0.2) is 30.6 Å². The maximum absolute atomic E-state index is 13.7. The van der Waals surface area contributed by atoms with Crippen molar-refractivity contribution in [3.8, 4) is 23.1 Å². The van der Waals surface area contributed by atoms with E-state index in [2.05, 4.69) is 20.5 Å². The van der Waals surface area contributed by atoms with Gasteiger partial charge in [-0.05, 0) is 25.1 Å². The molecule has 1 amide bonds. The van der Waals surface area contributed by atoms with Crippen molar-refractivity contribution < 1.29 is 31.0 Å². The van der Waals surface area contributed by atoms with Crippen molar-refractivity contribution in [2.75, 3.05) is 12.8 Å². The van der Waals surface area contributed by atoms with Crippen LogP contribution in [0.4, 0.5) is 27.3 Å². The summed E-state index contributed by atoms with van der Waals surface area (Å²) < 4.78 is 73.7. The van der Waals surface area contributed by atoms with Gasteiger partial charge in [-0.1, -0.05) is 0 Å². The van der Waals surface area contributed by atoms with E-state index >= 15 is 0 Å². The van der Waals surface area contributed by atoms with E-state index in [9.17, 15) is 31.5 Å². The van der Waals surface area contributed by atoms with Gasteiger partial charge in [0.15, 0.2) is 12.3 Å². The summed E-state index contributed by atoms with van der Waals surface area (Å²) in [7, 11) is 1.31. The molecule has 3 N–H and O–H groups in total. The number of carbonyl (C=O) groups is 1. The first kappa shape index (κ1) is 26.7. The highest BCUT2D eigenvalue weighted by molar-refractivity contribution is 7.92. The summed E-state index contributed by atoms with van der Waals surface area (Å²) in [5.74, 6) is -1.77. The number of nitrogen functional groups attached to an aromatic ring is 1. The highest BCUT2D eigenvalue weighted by atomic mass is 32.2. The summed E-state index contributed by atoms with van der Waals surface area (Å²) in [4.78, 5) is 16.9. The third kappa shape index (κ3) is 4.67. The van der Waals surface area contributed by atoms with Gasteiger partial charge >= 0.3 is 6.18 Å². The number of pyridine rings is 1. The van der Waals surface area contributed by atoms with Crippen molar-refractivity contribution in [3.63, 3.8) is 0 Å². The number of carbonyl (C=O) groups excluding carboxylic acids is 1. The van der Waals surface area contributed by atoms with Crippen LogP contribution in [0.1, 0.15) is 34.6 Å². The van der Waals surface area contributed by atoms with Crippen LogP contribution in [0.25, 0.3) is 22.2 Å². The van der Waals surface area contributed by atoms with Gasteiger partial charge in [-0.25, -0.2) is 9.07 Å². The Kier molecular flexibility index (Phi) is 7.14. The molecule has 1 atom stereocenters. The number of hydrogen-bond acceptors (Lipinski definition) is 8. The van der Waals surface area contributed by atoms with Crippen LogP contribution in [0.3, 0.4) is 0 Å². The van der Waals surface area contributed by atoms with Gasteiger partial charge in [0.05, 0.1) is 31.1 Å². The molecule has 38 heavy (non-hydrogen) atoms. The molecule has 0 aliphatic carbocycles. The van der Waals surface area contributed by atoms with Gasteiger partial charge < -0.3 is 15.8 Å². The maximum atomic E-state index is 13.7. The Balaban J connectivity index is 1.77. The van der Waals surface area contributed by atoms with Crippen LogP contribution in [-0.2, 0) is 6.54 Å². The lowest BCUT2D eigenvalue weighted by Crippen LogP contribution is -2.25. The lowest BCUT2D eigenvalue weighted by molar-refractivity contribution is -0.164. The Morgan fingerprint density at radius 3 is 2.71 bits per heavy atom. The molecule has 1 unspecified atom stereocenters. The number of methoxy groups -OCH3 is 1. The zero-order valence-corrected chi connectivity index (χ0v) is 20.4. The van der Waals surface area contributed by atoms with Gasteiger partial charge in [-0.2, -0.15) is 32.7 Å². The zero-order valence-electron chi connectivity index (χ0n) is 19.5. The maximum Gasteiger partial charge on any atom is 0.410 e. The number of nitrogens with two attached hydrogens (primary N) is 1. The number of nitrogens with zero attached hydrogens (tertiary/aromatic N) is 6. The Hall–Kier alpha value is -4.39. The average molecular weight is 552 g/mol. The number of benzene rings is 1. The number of aromatic nitrogens is 5. The molecule has 4 rings (SSSR count). The van der Waals surface area contributed by atoms with Crippen molar-refractivity contribution in [3.05, 3.63) is 53.2 Å². The van der Waals surface area contributed by atoms with E-state index in [0.717, 1.165) is 23.1 Å². The molecule has 0 radical (unpaired) electrons. The number of rotatable bonds is 7. The van der Waals surface area contributed by atoms with E-state index in [1.165, 1.54) is 25.6 Å². The number of ether oxygens (including phenoxy) is 1. The molecule has 0 fully saturated rings. The number of nitrogens with one attached hydrogen (secondary N) is 1. The third-order valence-corrected chi connectivity index (χ3v) is 6.10. The number of anilines is 1. The molecule has 0 bridgehead atoms. The SMILES string of the molecule is COc1ccc(F)cc1C(=O)NCc1ncc(-c2nn(C(C)C(F)(F)F)c(N)c2C#N)c2cnn(SF)c12. The number of alkyl halides is 3. The molecular weight excluding hydrogens is 535 g/mol. The summed E-state index contributed by atoms with van der Waals surface area (Å²) in [6, 6.07) is 3.00. The van der Waals surface area contributed by atoms with Crippen molar-refractivity contribution in [2.24, 2.45) is 0 Å². The van der Waals surface area contributed by atoms with E-state index in [1.807, 2.05) is 0 Å². The van der Waals surface area contributed by atoms with Crippen molar-refractivity contribution in [2.45, 2.75) is 25.7 Å². The molecule has 198 valence electrons. The Morgan fingerprint density at radius 2 is 2.08 bits per heavy atom. The molecule has 0 saturated carbocycles. The standard InChI is InChI=1S/C22H17F5N8O2S/c1-10(22(24,25)26)34-20(29)13(6-28)18(33-34)14-7-30-16(19-15(14)8-32-35(19)38-27)9-31-21(36)12-5-11(23)3-4-17(12)37-2/h3-5,7-8,10H,9,29H2,1-2H3,(H,31,36). The van der Waals surface area contributed by atoms with Gasteiger partial charge in [-0.15, -0.1) is 3.89 Å². The quantitative estimate of drug-likeness (QED) is 0.323. The zero-order chi connectivity index (χ0) is 27.8. The molecule has 0 spiro atoms. The van der Waals surface area contributed by atoms with Gasteiger partial charge in [-0.3, -0.25) is 9.78 Å². The van der Waals surface area contributed by atoms with E-state index in [-0.39, 0.29) is 63.6 Å². The predicted octanol–water partition coefficient (Wildman–Crippen LogP) is 4.33. The lowest BCUT2D eigenvalue weighted by atomic mass is 10.1. The molecule has 0 saturated heterocycles. The Bertz CT molecular complexity index is 1580.